The van der Waals surface area contributed by atoms with Gasteiger partial charge in [0.15, 0.2) is 0 Å². The van der Waals surface area contributed by atoms with E-state index in [2.05, 4.69) is 39.0 Å². The summed E-state index contributed by atoms with van der Waals surface area (Å²) in [5, 5.41) is 0. The third kappa shape index (κ3) is 7.12. The van der Waals surface area contributed by atoms with Crippen LogP contribution in [0.5, 0.6) is 0 Å². The summed E-state index contributed by atoms with van der Waals surface area (Å²) in [6, 6.07) is 0. The molecule has 2 nitrogen and oxygen atoms in total. The predicted octanol–water partition coefficient (Wildman–Crippen LogP) is 5.28. The fourth-order valence-corrected chi connectivity index (χ4v) is 2.37. The highest BCUT2D eigenvalue weighted by atomic mass is 16.5. The average molecular weight is 288 g/mol. The van der Waals surface area contributed by atoms with E-state index in [4.69, 9.17) is 4.74 Å². The number of allylic oxidation sites excluding steroid dienone is 7. The van der Waals surface area contributed by atoms with Gasteiger partial charge in [-0.2, -0.15) is 0 Å². The summed E-state index contributed by atoms with van der Waals surface area (Å²) in [6.07, 6.45) is 14.9. The number of carbonyl (C=O) groups is 1. The molecule has 0 radical (unpaired) electrons. The van der Waals surface area contributed by atoms with Crippen molar-refractivity contribution in [3.63, 3.8) is 0 Å². The van der Waals surface area contributed by atoms with Crippen LogP contribution in [0.25, 0.3) is 0 Å². The molecule has 0 aromatic heterocycles. The van der Waals surface area contributed by atoms with Crippen LogP contribution in [0, 0.1) is 0 Å². The zero-order valence-electron chi connectivity index (χ0n) is 13.9. The zero-order valence-corrected chi connectivity index (χ0v) is 13.9. The number of hydrogen-bond acceptors (Lipinski definition) is 2. The number of ether oxygens (including phenoxy) is 1. The molecule has 0 aromatic carbocycles. The lowest BCUT2D eigenvalue weighted by atomic mass is 9.95. The summed E-state index contributed by atoms with van der Waals surface area (Å²) < 4.78 is 4.74. The Kier molecular flexibility index (Phi) is 7.81. The Labute approximate surface area is 129 Å². The molecule has 0 N–H and O–H groups in total. The topological polar surface area (TPSA) is 26.3 Å². The zero-order chi connectivity index (χ0) is 15.7. The second kappa shape index (κ2) is 9.38. The number of rotatable bonds is 7. The molecule has 0 heterocycles. The Morgan fingerprint density at radius 2 is 1.90 bits per heavy atom. The smallest absolute Gasteiger partial charge is 0.333 e. The third-order valence-electron chi connectivity index (χ3n) is 3.72. The summed E-state index contributed by atoms with van der Waals surface area (Å²) >= 11 is 0. The summed E-state index contributed by atoms with van der Waals surface area (Å²) in [6.45, 7) is 6.50. The minimum absolute atomic E-state index is 0.194. The highest BCUT2D eigenvalue weighted by Gasteiger charge is 2.12. The lowest BCUT2D eigenvalue weighted by molar-refractivity contribution is -0.136. The van der Waals surface area contributed by atoms with Crippen molar-refractivity contribution < 1.29 is 9.53 Å². The molecule has 0 saturated heterocycles. The number of hydrogen-bond donors (Lipinski definition) is 0. The summed E-state index contributed by atoms with van der Waals surface area (Å²) in [5.41, 5.74) is 5.07. The normalized spacial score (nSPS) is 15.1. The molecular formula is C19H28O2. The second-order valence-electron chi connectivity index (χ2n) is 5.90. The average Bonchev–Trinajstić information content (AvgIpc) is 2.46. The van der Waals surface area contributed by atoms with Crippen molar-refractivity contribution in [2.45, 2.75) is 59.3 Å². The van der Waals surface area contributed by atoms with Crippen LogP contribution in [0.15, 0.2) is 46.6 Å². The molecule has 0 aliphatic heterocycles. The van der Waals surface area contributed by atoms with Gasteiger partial charge >= 0.3 is 5.97 Å². The molecule has 0 saturated carbocycles. The van der Waals surface area contributed by atoms with Crippen molar-refractivity contribution in [3.05, 3.63) is 46.6 Å². The van der Waals surface area contributed by atoms with Gasteiger partial charge < -0.3 is 4.74 Å². The minimum Gasteiger partial charge on any atom is -0.466 e. The van der Waals surface area contributed by atoms with E-state index < -0.39 is 0 Å². The fraction of sp³-hybridized carbons (Fsp3) is 0.526. The van der Waals surface area contributed by atoms with Gasteiger partial charge in [0.25, 0.3) is 0 Å². The van der Waals surface area contributed by atoms with E-state index in [1.807, 2.05) is 6.08 Å². The fourth-order valence-electron chi connectivity index (χ4n) is 2.37. The first-order valence-electron chi connectivity index (χ1n) is 7.77. The summed E-state index contributed by atoms with van der Waals surface area (Å²) in [4.78, 5) is 11.4. The van der Waals surface area contributed by atoms with Crippen LogP contribution >= 0.6 is 0 Å². The molecule has 116 valence electrons. The van der Waals surface area contributed by atoms with Crippen LogP contribution in [0.4, 0.5) is 0 Å². The van der Waals surface area contributed by atoms with Gasteiger partial charge in [0, 0.05) is 5.57 Å². The third-order valence-corrected chi connectivity index (χ3v) is 3.72. The van der Waals surface area contributed by atoms with Gasteiger partial charge in [0.2, 0.25) is 0 Å². The first-order chi connectivity index (χ1) is 10.0. The van der Waals surface area contributed by atoms with E-state index in [1.54, 1.807) is 0 Å². The monoisotopic (exact) mass is 288 g/mol. The van der Waals surface area contributed by atoms with Gasteiger partial charge in [-0.05, 0) is 59.3 Å². The molecule has 0 spiro atoms. The molecule has 0 unspecified atom stereocenters. The molecular weight excluding hydrogens is 260 g/mol. The van der Waals surface area contributed by atoms with E-state index in [0.717, 1.165) is 37.7 Å². The van der Waals surface area contributed by atoms with Crippen molar-refractivity contribution in [1.82, 2.24) is 0 Å². The van der Waals surface area contributed by atoms with Crippen molar-refractivity contribution in [2.75, 3.05) is 7.11 Å². The molecule has 0 bridgehead atoms. The van der Waals surface area contributed by atoms with Crippen molar-refractivity contribution >= 4 is 5.97 Å². The maximum absolute atomic E-state index is 11.4. The Balaban J connectivity index is 2.29. The number of esters is 1. The first-order valence-corrected chi connectivity index (χ1v) is 7.77. The Hall–Kier alpha value is -1.57. The molecule has 21 heavy (non-hydrogen) atoms. The van der Waals surface area contributed by atoms with Gasteiger partial charge in [-0.25, -0.2) is 4.79 Å². The first kappa shape index (κ1) is 17.5. The van der Waals surface area contributed by atoms with E-state index >= 15 is 0 Å². The predicted molar refractivity (Wildman–Crippen MR) is 89.1 cm³/mol. The Bertz CT molecular complexity index is 472. The van der Waals surface area contributed by atoms with Crippen LogP contribution in [0.2, 0.25) is 0 Å². The molecule has 1 rings (SSSR count). The van der Waals surface area contributed by atoms with Gasteiger partial charge in [-0.1, -0.05) is 41.0 Å². The van der Waals surface area contributed by atoms with Gasteiger partial charge in [0.05, 0.1) is 7.11 Å². The van der Waals surface area contributed by atoms with Gasteiger partial charge in [-0.15, -0.1) is 0 Å². The lowest BCUT2D eigenvalue weighted by Gasteiger charge is -2.12. The van der Waals surface area contributed by atoms with Gasteiger partial charge in [-0.3, -0.25) is 0 Å². The number of carbonyl (C=O) groups excluding carboxylic acids is 1. The molecule has 2 heteroatoms. The largest absolute Gasteiger partial charge is 0.466 e. The molecule has 0 fully saturated rings. The highest BCUT2D eigenvalue weighted by molar-refractivity contribution is 5.88. The number of methoxy groups -OCH3 is 1. The molecule has 0 amide bonds. The van der Waals surface area contributed by atoms with Crippen LogP contribution in [0.1, 0.15) is 59.3 Å². The Morgan fingerprint density at radius 1 is 1.14 bits per heavy atom. The maximum atomic E-state index is 11.4. The SMILES string of the molecule is COC(=O)C1=CCC(CC/C=C(/C)CCC=C(C)C)=CC1. The van der Waals surface area contributed by atoms with Crippen LogP contribution < -0.4 is 0 Å². The Morgan fingerprint density at radius 3 is 2.48 bits per heavy atom. The van der Waals surface area contributed by atoms with Crippen LogP contribution in [-0.2, 0) is 9.53 Å². The van der Waals surface area contributed by atoms with E-state index in [9.17, 15) is 4.79 Å². The van der Waals surface area contributed by atoms with Crippen molar-refractivity contribution in [2.24, 2.45) is 0 Å². The van der Waals surface area contributed by atoms with E-state index in [0.29, 0.717) is 6.42 Å². The van der Waals surface area contributed by atoms with Crippen LogP contribution in [-0.4, -0.2) is 13.1 Å². The van der Waals surface area contributed by atoms with E-state index in [1.165, 1.54) is 23.8 Å². The minimum atomic E-state index is -0.194. The lowest BCUT2D eigenvalue weighted by Crippen LogP contribution is -2.06. The van der Waals surface area contributed by atoms with Crippen molar-refractivity contribution in [1.29, 1.82) is 0 Å². The molecule has 0 aromatic rings. The summed E-state index contributed by atoms with van der Waals surface area (Å²) in [5.74, 6) is -0.194. The second-order valence-corrected chi connectivity index (χ2v) is 5.90. The highest BCUT2D eigenvalue weighted by Crippen LogP contribution is 2.22. The molecule has 0 atom stereocenters. The van der Waals surface area contributed by atoms with Gasteiger partial charge in [0.1, 0.15) is 0 Å². The molecule has 1 aliphatic rings. The quantitative estimate of drug-likeness (QED) is 0.470. The van der Waals surface area contributed by atoms with Crippen LogP contribution in [0.3, 0.4) is 0 Å². The van der Waals surface area contributed by atoms with E-state index in [-0.39, 0.29) is 5.97 Å². The standard InChI is InChI=1S/C19H28O2/c1-15(2)7-5-8-16(3)9-6-10-17-11-13-18(14-12-17)19(20)21-4/h7,9,11,14H,5-6,8,10,12-13H2,1-4H3/b16-9-. The molecule has 1 aliphatic carbocycles. The summed E-state index contributed by atoms with van der Waals surface area (Å²) in [7, 11) is 1.44. The maximum Gasteiger partial charge on any atom is 0.333 e. The van der Waals surface area contributed by atoms with Crippen molar-refractivity contribution in [3.8, 4) is 0 Å².